The Balaban J connectivity index is 1.55. The van der Waals surface area contributed by atoms with Crippen molar-refractivity contribution >= 4 is 27.3 Å². The highest BCUT2D eigenvalue weighted by molar-refractivity contribution is 9.11. The Morgan fingerprint density at radius 1 is 1.36 bits per heavy atom. The lowest BCUT2D eigenvalue weighted by molar-refractivity contribution is -0.0640. The molecule has 0 radical (unpaired) electrons. The van der Waals surface area contributed by atoms with Gasteiger partial charge in [-0.3, -0.25) is 4.90 Å². The lowest BCUT2D eigenvalue weighted by atomic mass is 9.63. The van der Waals surface area contributed by atoms with Gasteiger partial charge in [0, 0.05) is 24.5 Å². The second-order valence-corrected chi connectivity index (χ2v) is 7.25. The monoisotopic (exact) mass is 271 g/mol. The highest BCUT2D eigenvalue weighted by Gasteiger charge is 2.46. The maximum atomic E-state index is 3.51. The third-order valence-electron chi connectivity index (χ3n) is 3.54. The minimum absolute atomic E-state index is 0.772. The average Bonchev–Trinajstić information content (AvgIpc) is 2.39. The zero-order valence-corrected chi connectivity index (χ0v) is 10.5. The van der Waals surface area contributed by atoms with Gasteiger partial charge in [0.25, 0.3) is 0 Å². The molecule has 0 atom stereocenters. The number of likely N-dealkylation sites (tertiary alicyclic amines) is 1. The van der Waals surface area contributed by atoms with Gasteiger partial charge in [0.05, 0.1) is 3.79 Å². The number of halogens is 1. The fourth-order valence-corrected chi connectivity index (χ4v) is 4.19. The van der Waals surface area contributed by atoms with Gasteiger partial charge in [-0.2, -0.15) is 0 Å². The largest absolute Gasteiger partial charge is 0.297 e. The first-order valence-corrected chi connectivity index (χ1v) is 6.83. The molecule has 1 aliphatic heterocycles. The molecule has 76 valence electrons. The van der Waals surface area contributed by atoms with Crippen LogP contribution in [0.25, 0.3) is 0 Å². The van der Waals surface area contributed by atoms with E-state index >= 15 is 0 Å². The molecule has 1 aromatic heterocycles. The van der Waals surface area contributed by atoms with E-state index in [0.29, 0.717) is 0 Å². The van der Waals surface area contributed by atoms with Crippen molar-refractivity contribution in [2.45, 2.75) is 25.8 Å². The van der Waals surface area contributed by atoms with Crippen molar-refractivity contribution < 1.29 is 0 Å². The average molecular weight is 272 g/mol. The van der Waals surface area contributed by atoms with E-state index in [1.807, 2.05) is 11.3 Å². The Morgan fingerprint density at radius 3 is 2.64 bits per heavy atom. The second-order valence-electron chi connectivity index (χ2n) is 4.70. The van der Waals surface area contributed by atoms with Crippen molar-refractivity contribution in [3.8, 4) is 0 Å². The molecule has 1 aliphatic carbocycles. The second kappa shape index (κ2) is 3.32. The maximum Gasteiger partial charge on any atom is 0.0701 e. The molecule has 2 aliphatic rings. The third-order valence-corrected chi connectivity index (χ3v) is 5.15. The summed E-state index contributed by atoms with van der Waals surface area (Å²) in [4.78, 5) is 4.07. The van der Waals surface area contributed by atoms with Gasteiger partial charge < -0.3 is 0 Å². The first-order chi connectivity index (χ1) is 6.76. The maximum absolute atomic E-state index is 3.51. The fraction of sp³-hybridized carbons (Fsp3) is 0.636. The van der Waals surface area contributed by atoms with Crippen LogP contribution in [-0.4, -0.2) is 18.0 Å². The van der Waals surface area contributed by atoms with Crippen LogP contribution in [0.5, 0.6) is 0 Å². The predicted molar refractivity (Wildman–Crippen MR) is 63.6 cm³/mol. The SMILES string of the molecule is Brc1ccc(CN2CC3(CCC3)C2)s1. The van der Waals surface area contributed by atoms with Crippen LogP contribution < -0.4 is 0 Å². The summed E-state index contributed by atoms with van der Waals surface area (Å²) in [6, 6.07) is 4.39. The minimum Gasteiger partial charge on any atom is -0.297 e. The van der Waals surface area contributed by atoms with E-state index in [1.54, 1.807) is 0 Å². The summed E-state index contributed by atoms with van der Waals surface area (Å²) in [6.07, 6.45) is 4.44. The summed E-state index contributed by atoms with van der Waals surface area (Å²) in [7, 11) is 0. The number of nitrogens with zero attached hydrogens (tertiary/aromatic N) is 1. The minimum atomic E-state index is 0.772. The molecule has 2 fully saturated rings. The van der Waals surface area contributed by atoms with Crippen LogP contribution in [0.4, 0.5) is 0 Å². The molecule has 1 spiro atoms. The summed E-state index contributed by atoms with van der Waals surface area (Å²) in [5.41, 5.74) is 0.772. The van der Waals surface area contributed by atoms with Gasteiger partial charge in [0.2, 0.25) is 0 Å². The topological polar surface area (TPSA) is 3.24 Å². The van der Waals surface area contributed by atoms with Gasteiger partial charge in [-0.25, -0.2) is 0 Å². The Bertz CT molecular complexity index is 335. The van der Waals surface area contributed by atoms with Crippen LogP contribution in [-0.2, 0) is 6.54 Å². The number of hydrogen-bond acceptors (Lipinski definition) is 2. The van der Waals surface area contributed by atoms with Crippen molar-refractivity contribution in [3.05, 3.63) is 20.8 Å². The van der Waals surface area contributed by atoms with E-state index in [-0.39, 0.29) is 0 Å². The van der Waals surface area contributed by atoms with Gasteiger partial charge in [-0.1, -0.05) is 6.42 Å². The molecule has 0 bridgehead atoms. The summed E-state index contributed by atoms with van der Waals surface area (Å²) < 4.78 is 1.26. The molecule has 1 saturated heterocycles. The molecular weight excluding hydrogens is 258 g/mol. The molecule has 1 saturated carbocycles. The molecule has 1 aromatic rings. The third kappa shape index (κ3) is 1.55. The van der Waals surface area contributed by atoms with E-state index in [4.69, 9.17) is 0 Å². The van der Waals surface area contributed by atoms with E-state index < -0.39 is 0 Å². The van der Waals surface area contributed by atoms with E-state index in [1.165, 1.54) is 41.0 Å². The van der Waals surface area contributed by atoms with Crippen LogP contribution in [0.3, 0.4) is 0 Å². The summed E-state index contributed by atoms with van der Waals surface area (Å²) in [6.45, 7) is 3.86. The molecule has 1 nitrogen and oxygen atoms in total. The summed E-state index contributed by atoms with van der Waals surface area (Å²) >= 11 is 5.38. The molecule has 3 rings (SSSR count). The van der Waals surface area contributed by atoms with Gasteiger partial charge in [-0.05, 0) is 46.3 Å². The van der Waals surface area contributed by atoms with E-state index in [9.17, 15) is 0 Å². The fourth-order valence-electron chi connectivity index (χ4n) is 2.66. The van der Waals surface area contributed by atoms with E-state index in [2.05, 4.69) is 33.0 Å². The van der Waals surface area contributed by atoms with Crippen LogP contribution >= 0.6 is 27.3 Å². The molecule has 0 amide bonds. The first kappa shape index (κ1) is 9.37. The number of thiophene rings is 1. The lowest BCUT2D eigenvalue weighted by Crippen LogP contribution is -2.58. The van der Waals surface area contributed by atoms with Crippen LogP contribution in [0, 0.1) is 5.41 Å². The highest BCUT2D eigenvalue weighted by atomic mass is 79.9. The Kier molecular flexibility index (Phi) is 2.22. The van der Waals surface area contributed by atoms with Crippen molar-refractivity contribution in [3.63, 3.8) is 0 Å². The number of rotatable bonds is 2. The Morgan fingerprint density at radius 2 is 2.14 bits per heavy atom. The smallest absolute Gasteiger partial charge is 0.0701 e. The van der Waals surface area contributed by atoms with Gasteiger partial charge in [0.15, 0.2) is 0 Å². The van der Waals surface area contributed by atoms with Crippen molar-refractivity contribution in [2.75, 3.05) is 13.1 Å². The van der Waals surface area contributed by atoms with Crippen LogP contribution in [0.2, 0.25) is 0 Å². The highest BCUT2D eigenvalue weighted by Crippen LogP contribution is 2.48. The van der Waals surface area contributed by atoms with Gasteiger partial charge >= 0.3 is 0 Å². The Labute approximate surface area is 97.2 Å². The number of hydrogen-bond donors (Lipinski definition) is 0. The summed E-state index contributed by atoms with van der Waals surface area (Å²) in [5.74, 6) is 0. The molecule has 0 aromatic carbocycles. The quantitative estimate of drug-likeness (QED) is 0.796. The zero-order chi connectivity index (χ0) is 9.60. The van der Waals surface area contributed by atoms with Crippen LogP contribution in [0.1, 0.15) is 24.1 Å². The van der Waals surface area contributed by atoms with E-state index in [0.717, 1.165) is 12.0 Å². The van der Waals surface area contributed by atoms with Crippen LogP contribution in [0.15, 0.2) is 15.9 Å². The summed E-state index contributed by atoms with van der Waals surface area (Å²) in [5, 5.41) is 0. The molecule has 0 unspecified atom stereocenters. The van der Waals surface area contributed by atoms with Crippen molar-refractivity contribution in [1.29, 1.82) is 0 Å². The first-order valence-electron chi connectivity index (χ1n) is 5.22. The standard InChI is InChI=1S/C11H14BrNS/c12-10-3-2-9(14-10)6-13-7-11(8-13)4-1-5-11/h2-3H,1,4-8H2. The van der Waals surface area contributed by atoms with Gasteiger partial charge in [0.1, 0.15) is 0 Å². The predicted octanol–water partition coefficient (Wildman–Crippen LogP) is 3.50. The Hall–Kier alpha value is 0.140. The molecule has 2 heterocycles. The molecule has 3 heteroatoms. The molecule has 0 N–H and O–H groups in total. The zero-order valence-electron chi connectivity index (χ0n) is 8.13. The van der Waals surface area contributed by atoms with Gasteiger partial charge in [-0.15, -0.1) is 11.3 Å². The molecule has 14 heavy (non-hydrogen) atoms. The molecular formula is C11H14BrNS. The van der Waals surface area contributed by atoms with Crippen molar-refractivity contribution in [2.24, 2.45) is 5.41 Å². The normalized spacial score (nSPS) is 24.6. The lowest BCUT2D eigenvalue weighted by Gasteiger charge is -2.56. The van der Waals surface area contributed by atoms with Crippen molar-refractivity contribution in [1.82, 2.24) is 4.90 Å².